The van der Waals surface area contributed by atoms with Crippen LogP contribution in [0.2, 0.25) is 0 Å². The van der Waals surface area contributed by atoms with E-state index in [-0.39, 0.29) is 12.7 Å². The monoisotopic (exact) mass is 189 g/mol. The maximum Gasteiger partial charge on any atom is 0.120 e. The van der Waals surface area contributed by atoms with E-state index in [1.165, 1.54) is 0 Å². The molecule has 0 aromatic rings. The van der Waals surface area contributed by atoms with Gasteiger partial charge in [-0.25, -0.2) is 0 Å². The lowest BCUT2D eigenvalue weighted by Gasteiger charge is -2.42. The smallest absolute Gasteiger partial charge is 0.120 e. The topological polar surface area (TPSA) is 95.9 Å². The van der Waals surface area contributed by atoms with Gasteiger partial charge in [-0.15, -0.1) is 0 Å². The highest BCUT2D eigenvalue weighted by Gasteiger charge is 2.56. The molecule has 2 rings (SSSR count). The van der Waals surface area contributed by atoms with Gasteiger partial charge in [0.05, 0.1) is 18.8 Å². The molecule has 2 bridgehead atoms. The van der Waals surface area contributed by atoms with Crippen molar-refractivity contribution in [3.05, 3.63) is 0 Å². The van der Waals surface area contributed by atoms with Crippen molar-refractivity contribution in [2.45, 2.75) is 42.8 Å². The maximum atomic E-state index is 9.67. The summed E-state index contributed by atoms with van der Waals surface area (Å²) in [5.74, 6) is 0. The van der Waals surface area contributed by atoms with Crippen LogP contribution in [0.25, 0.3) is 0 Å². The highest BCUT2D eigenvalue weighted by atomic mass is 16.5. The van der Waals surface area contributed by atoms with E-state index in [0.29, 0.717) is 12.8 Å². The van der Waals surface area contributed by atoms with Crippen LogP contribution in [0.3, 0.4) is 0 Å². The average Bonchev–Trinajstić information content (AvgIpc) is 2.55. The predicted octanol–water partition coefficient (Wildman–Crippen LogP) is -2.04. The first-order valence-corrected chi connectivity index (χ1v) is 4.51. The van der Waals surface area contributed by atoms with Crippen molar-refractivity contribution in [3.63, 3.8) is 0 Å². The molecule has 13 heavy (non-hydrogen) atoms. The first-order valence-electron chi connectivity index (χ1n) is 4.51. The van der Waals surface area contributed by atoms with Crippen LogP contribution in [0.4, 0.5) is 0 Å². The van der Waals surface area contributed by atoms with Crippen molar-refractivity contribution < 1.29 is 20.1 Å². The van der Waals surface area contributed by atoms with Crippen LogP contribution in [0.1, 0.15) is 12.8 Å². The summed E-state index contributed by atoms with van der Waals surface area (Å²) in [6, 6.07) is -0.544. The Kier molecular flexibility index (Phi) is 2.08. The minimum Gasteiger partial charge on any atom is -0.393 e. The van der Waals surface area contributed by atoms with E-state index in [2.05, 4.69) is 0 Å². The molecule has 0 aliphatic carbocycles. The molecule has 5 heteroatoms. The van der Waals surface area contributed by atoms with Crippen LogP contribution >= 0.6 is 0 Å². The molecule has 0 amide bonds. The molecule has 0 saturated carbocycles. The quantitative estimate of drug-likeness (QED) is 0.381. The molecule has 0 spiro atoms. The van der Waals surface area contributed by atoms with Crippen LogP contribution < -0.4 is 5.73 Å². The molecule has 76 valence electrons. The lowest BCUT2D eigenvalue weighted by atomic mass is 9.89. The minimum absolute atomic E-state index is 0.231. The zero-order chi connectivity index (χ0) is 9.64. The maximum absolute atomic E-state index is 9.67. The lowest BCUT2D eigenvalue weighted by Crippen LogP contribution is -2.63. The SMILES string of the molecule is N[C@@H]1[C@@H](O)[C@@H](O)[C@]2(CO)CC[C@H]1O2. The van der Waals surface area contributed by atoms with Crippen molar-refractivity contribution in [2.24, 2.45) is 5.73 Å². The number of hydrogen-bond acceptors (Lipinski definition) is 5. The standard InChI is InChI=1S/C8H15NO4/c9-5-4-1-2-8(3-10,13-4)7(12)6(5)11/h4-7,10-12H,1-3,9H2/t4-,5+,6-,7-,8-/m1/s1. The molecule has 2 saturated heterocycles. The molecule has 0 aromatic heterocycles. The van der Waals surface area contributed by atoms with E-state index in [0.717, 1.165) is 0 Å². The van der Waals surface area contributed by atoms with Crippen molar-refractivity contribution in [1.29, 1.82) is 0 Å². The Morgan fingerprint density at radius 3 is 2.77 bits per heavy atom. The third-order valence-electron chi connectivity index (χ3n) is 3.19. The van der Waals surface area contributed by atoms with Gasteiger partial charge in [0.1, 0.15) is 17.8 Å². The van der Waals surface area contributed by atoms with Crippen LogP contribution in [-0.4, -0.2) is 51.9 Å². The Bertz CT molecular complexity index is 212. The number of fused-ring (bicyclic) bond motifs is 2. The summed E-state index contributed by atoms with van der Waals surface area (Å²) in [6.45, 7) is -0.269. The third-order valence-corrected chi connectivity index (χ3v) is 3.19. The Hall–Kier alpha value is -0.200. The van der Waals surface area contributed by atoms with Gasteiger partial charge in [-0.05, 0) is 12.8 Å². The van der Waals surface area contributed by atoms with Gasteiger partial charge in [0, 0.05) is 0 Å². The second-order valence-corrected chi connectivity index (χ2v) is 3.93. The largest absolute Gasteiger partial charge is 0.393 e. The van der Waals surface area contributed by atoms with Crippen molar-refractivity contribution in [1.82, 2.24) is 0 Å². The Balaban J connectivity index is 2.25. The van der Waals surface area contributed by atoms with Gasteiger partial charge in [0.15, 0.2) is 0 Å². The molecule has 5 nitrogen and oxygen atoms in total. The molecule has 2 aliphatic heterocycles. The molecule has 0 radical (unpaired) electrons. The molecule has 5 N–H and O–H groups in total. The first-order chi connectivity index (χ1) is 6.10. The fraction of sp³-hybridized carbons (Fsp3) is 1.00. The lowest BCUT2D eigenvalue weighted by molar-refractivity contribution is -0.215. The van der Waals surface area contributed by atoms with Gasteiger partial charge in [-0.3, -0.25) is 0 Å². The molecular formula is C8H15NO4. The molecule has 5 atom stereocenters. The summed E-state index contributed by atoms with van der Waals surface area (Å²) in [5.41, 5.74) is 4.67. The summed E-state index contributed by atoms with van der Waals surface area (Å²) in [6.07, 6.45) is -1.05. The van der Waals surface area contributed by atoms with Gasteiger partial charge >= 0.3 is 0 Å². The average molecular weight is 189 g/mol. The van der Waals surface area contributed by atoms with Gasteiger partial charge < -0.3 is 25.8 Å². The summed E-state index contributed by atoms with van der Waals surface area (Å²) in [5, 5.41) is 28.3. The fourth-order valence-electron chi connectivity index (χ4n) is 2.25. The highest BCUT2D eigenvalue weighted by molar-refractivity contribution is 5.07. The number of ether oxygens (including phenoxy) is 1. The molecule has 0 aromatic carbocycles. The number of nitrogens with two attached hydrogens (primary N) is 1. The zero-order valence-electron chi connectivity index (χ0n) is 7.26. The third kappa shape index (κ3) is 1.12. The Morgan fingerprint density at radius 1 is 1.46 bits per heavy atom. The Morgan fingerprint density at radius 2 is 2.15 bits per heavy atom. The number of aliphatic hydroxyl groups excluding tert-OH is 3. The number of aliphatic hydroxyl groups is 3. The molecule has 0 unspecified atom stereocenters. The summed E-state index contributed by atoms with van der Waals surface area (Å²) < 4.78 is 5.44. The molecule has 2 fully saturated rings. The van der Waals surface area contributed by atoms with Crippen LogP contribution in [0, 0.1) is 0 Å². The number of rotatable bonds is 1. The highest BCUT2D eigenvalue weighted by Crippen LogP contribution is 2.40. The van der Waals surface area contributed by atoms with Gasteiger partial charge in [-0.1, -0.05) is 0 Å². The van der Waals surface area contributed by atoms with Crippen LogP contribution in [-0.2, 0) is 4.74 Å². The van der Waals surface area contributed by atoms with Crippen molar-refractivity contribution >= 4 is 0 Å². The normalized spacial score (nSPS) is 55.4. The van der Waals surface area contributed by atoms with Gasteiger partial charge in [0.2, 0.25) is 0 Å². The zero-order valence-corrected chi connectivity index (χ0v) is 7.26. The first kappa shape index (κ1) is 9.36. The van der Waals surface area contributed by atoms with E-state index in [4.69, 9.17) is 15.6 Å². The van der Waals surface area contributed by atoms with Crippen LogP contribution in [0.15, 0.2) is 0 Å². The van der Waals surface area contributed by atoms with E-state index in [9.17, 15) is 10.2 Å². The predicted molar refractivity (Wildman–Crippen MR) is 43.9 cm³/mol. The van der Waals surface area contributed by atoms with E-state index >= 15 is 0 Å². The van der Waals surface area contributed by atoms with E-state index < -0.39 is 23.9 Å². The Labute approximate surface area is 76.1 Å². The number of hydrogen-bond donors (Lipinski definition) is 4. The minimum atomic E-state index is -1.08. The van der Waals surface area contributed by atoms with E-state index in [1.807, 2.05) is 0 Å². The summed E-state index contributed by atoms with van der Waals surface area (Å²) in [4.78, 5) is 0. The van der Waals surface area contributed by atoms with Crippen molar-refractivity contribution in [3.8, 4) is 0 Å². The molecule has 2 heterocycles. The summed E-state index contributed by atoms with van der Waals surface area (Å²) in [7, 11) is 0. The molecular weight excluding hydrogens is 174 g/mol. The second-order valence-electron chi connectivity index (χ2n) is 3.93. The molecule has 2 aliphatic rings. The van der Waals surface area contributed by atoms with Crippen LogP contribution in [0.5, 0.6) is 0 Å². The van der Waals surface area contributed by atoms with E-state index in [1.54, 1.807) is 0 Å². The van der Waals surface area contributed by atoms with Gasteiger partial charge in [-0.2, -0.15) is 0 Å². The second kappa shape index (κ2) is 2.90. The van der Waals surface area contributed by atoms with Gasteiger partial charge in [0.25, 0.3) is 0 Å². The summed E-state index contributed by atoms with van der Waals surface area (Å²) >= 11 is 0. The fourth-order valence-corrected chi connectivity index (χ4v) is 2.25. The van der Waals surface area contributed by atoms with Crippen molar-refractivity contribution in [2.75, 3.05) is 6.61 Å².